The highest BCUT2D eigenvalue weighted by Crippen LogP contribution is 2.60. The Bertz CT molecular complexity index is 672. The van der Waals surface area contributed by atoms with Gasteiger partial charge in [-0.15, -0.1) is 0 Å². The third-order valence-corrected chi connectivity index (χ3v) is 7.11. The van der Waals surface area contributed by atoms with Gasteiger partial charge in [0.1, 0.15) is 11.6 Å². The van der Waals surface area contributed by atoms with E-state index in [9.17, 15) is 19.5 Å². The number of aliphatic hydroxyl groups excluding tert-OH is 1. The van der Waals surface area contributed by atoms with E-state index in [2.05, 4.69) is 26.6 Å². The molecule has 3 rings (SSSR count). The van der Waals surface area contributed by atoms with Gasteiger partial charge in [-0.2, -0.15) is 0 Å². The second-order valence-electron chi connectivity index (χ2n) is 8.68. The first-order valence-electron chi connectivity index (χ1n) is 9.87. The minimum absolute atomic E-state index is 0.0612. The quantitative estimate of drug-likeness (QED) is 0.485. The zero-order chi connectivity index (χ0) is 21.0. The summed E-state index contributed by atoms with van der Waals surface area (Å²) in [5.41, 5.74) is -1.08. The maximum Gasteiger partial charge on any atom is 0.246 e. The summed E-state index contributed by atoms with van der Waals surface area (Å²) in [5, 5.41) is 15.5. The van der Waals surface area contributed by atoms with Crippen LogP contribution in [0.1, 0.15) is 34.1 Å². The number of alkyl halides is 1. The van der Waals surface area contributed by atoms with Crippen molar-refractivity contribution in [3.8, 4) is 0 Å². The van der Waals surface area contributed by atoms with Crippen LogP contribution in [0, 0.1) is 17.8 Å². The highest BCUT2D eigenvalue weighted by Gasteiger charge is 2.77. The van der Waals surface area contributed by atoms with Crippen molar-refractivity contribution in [2.24, 2.45) is 17.8 Å². The molecule has 0 aromatic heterocycles. The van der Waals surface area contributed by atoms with Gasteiger partial charge < -0.3 is 25.4 Å². The van der Waals surface area contributed by atoms with Crippen LogP contribution < -0.4 is 10.6 Å². The van der Waals surface area contributed by atoms with E-state index in [0.29, 0.717) is 6.42 Å². The molecule has 0 radical (unpaired) electrons. The predicted molar refractivity (Wildman–Crippen MR) is 106 cm³/mol. The van der Waals surface area contributed by atoms with E-state index in [1.54, 1.807) is 0 Å². The molecular formula is C19H30BrN3O5. The largest absolute Gasteiger partial charge is 0.394 e. The van der Waals surface area contributed by atoms with Crippen LogP contribution >= 0.6 is 15.9 Å². The minimum atomic E-state index is -1.08. The summed E-state index contributed by atoms with van der Waals surface area (Å²) >= 11 is 3.60. The van der Waals surface area contributed by atoms with Gasteiger partial charge in [-0.3, -0.25) is 14.4 Å². The van der Waals surface area contributed by atoms with E-state index < -0.39 is 35.6 Å². The molecule has 3 unspecified atom stereocenters. The van der Waals surface area contributed by atoms with Gasteiger partial charge in [0.2, 0.25) is 17.7 Å². The van der Waals surface area contributed by atoms with E-state index in [1.807, 2.05) is 27.7 Å². The Morgan fingerprint density at radius 1 is 1.32 bits per heavy atom. The summed E-state index contributed by atoms with van der Waals surface area (Å²) in [6.45, 7) is 7.25. The molecule has 0 aromatic carbocycles. The lowest BCUT2D eigenvalue weighted by atomic mass is 9.70. The van der Waals surface area contributed by atoms with Gasteiger partial charge in [0.05, 0.1) is 30.6 Å². The topological polar surface area (TPSA) is 108 Å². The number of rotatable bonds is 6. The number of fused-ring (bicyclic) bond motifs is 1. The fourth-order valence-corrected chi connectivity index (χ4v) is 6.12. The maximum atomic E-state index is 13.6. The zero-order valence-electron chi connectivity index (χ0n) is 16.9. The molecule has 3 saturated heterocycles. The number of ether oxygens (including phenoxy) is 1. The molecule has 158 valence electrons. The number of carbonyl (C=O) groups is 3. The molecule has 3 N–H and O–H groups in total. The molecular weight excluding hydrogens is 430 g/mol. The number of aliphatic hydroxyl groups is 1. The Balaban J connectivity index is 2.12. The summed E-state index contributed by atoms with van der Waals surface area (Å²) in [7, 11) is 1.54. The van der Waals surface area contributed by atoms with Crippen molar-refractivity contribution in [3.63, 3.8) is 0 Å². The number of halogens is 1. The molecule has 0 aromatic rings. The van der Waals surface area contributed by atoms with Crippen LogP contribution in [0.25, 0.3) is 0 Å². The number of carbonyl (C=O) groups excluding carboxylic acids is 3. The first-order valence-corrected chi connectivity index (χ1v) is 10.8. The Hall–Kier alpha value is -1.19. The van der Waals surface area contributed by atoms with E-state index >= 15 is 0 Å². The normalized spacial score (nSPS) is 37.5. The van der Waals surface area contributed by atoms with Crippen LogP contribution in [0.15, 0.2) is 0 Å². The molecule has 28 heavy (non-hydrogen) atoms. The van der Waals surface area contributed by atoms with Crippen molar-refractivity contribution in [2.75, 3.05) is 13.7 Å². The monoisotopic (exact) mass is 459 g/mol. The van der Waals surface area contributed by atoms with Crippen LogP contribution in [0.4, 0.5) is 0 Å². The molecule has 0 saturated carbocycles. The maximum absolute atomic E-state index is 13.6. The molecule has 3 aliphatic rings. The lowest BCUT2D eigenvalue weighted by Gasteiger charge is -2.38. The fourth-order valence-electron chi connectivity index (χ4n) is 5.17. The van der Waals surface area contributed by atoms with Crippen molar-refractivity contribution >= 4 is 33.7 Å². The summed E-state index contributed by atoms with van der Waals surface area (Å²) in [5.74, 6) is -2.31. The van der Waals surface area contributed by atoms with Crippen LogP contribution in [0.2, 0.25) is 0 Å². The minimum Gasteiger partial charge on any atom is -0.394 e. The molecule has 1 spiro atoms. The molecule has 7 atom stereocenters. The van der Waals surface area contributed by atoms with Gasteiger partial charge in [-0.05, 0) is 26.2 Å². The van der Waals surface area contributed by atoms with Crippen LogP contribution in [0.3, 0.4) is 0 Å². The number of likely N-dealkylation sites (tertiary alicyclic amines) is 1. The first-order chi connectivity index (χ1) is 13.1. The molecule has 8 nitrogen and oxygen atoms in total. The van der Waals surface area contributed by atoms with Gasteiger partial charge in [0.15, 0.2) is 0 Å². The van der Waals surface area contributed by atoms with Crippen LogP contribution in [-0.2, 0) is 19.1 Å². The van der Waals surface area contributed by atoms with E-state index in [1.165, 1.54) is 11.9 Å². The lowest BCUT2D eigenvalue weighted by Crippen LogP contribution is -2.59. The lowest BCUT2D eigenvalue weighted by molar-refractivity contribution is -0.146. The summed E-state index contributed by atoms with van der Waals surface area (Å²) in [6.07, 6.45) is 0.00170. The van der Waals surface area contributed by atoms with Crippen molar-refractivity contribution in [1.82, 2.24) is 15.5 Å². The van der Waals surface area contributed by atoms with Gasteiger partial charge in [0.25, 0.3) is 0 Å². The number of amides is 3. The second-order valence-corrected chi connectivity index (χ2v) is 9.86. The second kappa shape index (κ2) is 7.57. The van der Waals surface area contributed by atoms with Crippen molar-refractivity contribution < 1.29 is 24.2 Å². The number of hydrogen-bond acceptors (Lipinski definition) is 5. The van der Waals surface area contributed by atoms with E-state index in [4.69, 9.17) is 4.74 Å². The Labute approximate surface area is 173 Å². The van der Waals surface area contributed by atoms with Crippen molar-refractivity contribution in [2.45, 2.75) is 68.8 Å². The average molecular weight is 460 g/mol. The molecule has 9 heteroatoms. The molecule has 3 fully saturated rings. The van der Waals surface area contributed by atoms with Crippen LogP contribution in [-0.4, -0.2) is 76.0 Å². The molecule has 0 aliphatic carbocycles. The highest BCUT2D eigenvalue weighted by molar-refractivity contribution is 9.09. The van der Waals surface area contributed by atoms with Gasteiger partial charge in [-0.25, -0.2) is 0 Å². The Morgan fingerprint density at radius 2 is 1.96 bits per heavy atom. The summed E-state index contributed by atoms with van der Waals surface area (Å²) in [6, 6.07) is -1.52. The van der Waals surface area contributed by atoms with E-state index in [-0.39, 0.29) is 41.1 Å². The zero-order valence-corrected chi connectivity index (χ0v) is 18.5. The molecule has 3 aliphatic heterocycles. The standard InChI is InChI=1S/C19H30BrN3O5/c1-8(2)11(7-24)23-15(17(26)22-9(3)4)19-6-10(20)14(28-19)12(16(25)21-5)13(19)18(23)27/h8-15,24H,6-7H2,1-5H3,(H,21,25)(H,22,26)/t10?,11-,12-,13-,14-,15?,19?/m0/s1. The van der Waals surface area contributed by atoms with E-state index in [0.717, 1.165) is 0 Å². The molecule has 3 heterocycles. The fraction of sp³-hybridized carbons (Fsp3) is 0.842. The summed E-state index contributed by atoms with van der Waals surface area (Å²) in [4.78, 5) is 40.8. The SMILES string of the molecule is CNC(=O)[C@H]1[C@H]2C(=O)N([C@@H](CO)C(C)C)C(C(=O)NC(C)C)C23CC(Br)[C@@H]1O3. The van der Waals surface area contributed by atoms with Gasteiger partial charge in [0, 0.05) is 17.9 Å². The van der Waals surface area contributed by atoms with Gasteiger partial charge in [-0.1, -0.05) is 29.8 Å². The third-order valence-electron chi connectivity index (χ3n) is 6.27. The van der Waals surface area contributed by atoms with Crippen LogP contribution in [0.5, 0.6) is 0 Å². The number of nitrogens with one attached hydrogen (secondary N) is 2. The molecule has 2 bridgehead atoms. The Kier molecular flexibility index (Phi) is 5.82. The van der Waals surface area contributed by atoms with Crippen molar-refractivity contribution in [1.29, 1.82) is 0 Å². The smallest absolute Gasteiger partial charge is 0.246 e. The summed E-state index contributed by atoms with van der Waals surface area (Å²) < 4.78 is 6.31. The average Bonchev–Trinajstić information content (AvgIpc) is 3.18. The van der Waals surface area contributed by atoms with Crippen molar-refractivity contribution in [3.05, 3.63) is 0 Å². The number of nitrogens with zero attached hydrogens (tertiary/aromatic N) is 1. The molecule has 3 amide bonds. The highest BCUT2D eigenvalue weighted by atomic mass is 79.9. The van der Waals surface area contributed by atoms with Gasteiger partial charge >= 0.3 is 0 Å². The predicted octanol–water partition coefficient (Wildman–Crippen LogP) is 0.0219. The Morgan fingerprint density at radius 3 is 2.46 bits per heavy atom. The first kappa shape index (κ1) is 21.5. The number of hydrogen-bond donors (Lipinski definition) is 3. The third kappa shape index (κ3) is 2.97.